The summed E-state index contributed by atoms with van der Waals surface area (Å²) >= 11 is 0. The van der Waals surface area contributed by atoms with Crippen LogP contribution in [-0.2, 0) is 16.4 Å². The first kappa shape index (κ1) is 12.3. The van der Waals surface area contributed by atoms with Crippen LogP contribution in [0, 0.1) is 0 Å². The van der Waals surface area contributed by atoms with Gasteiger partial charge < -0.3 is 10.6 Å². The van der Waals surface area contributed by atoms with Gasteiger partial charge in [-0.3, -0.25) is 4.98 Å². The van der Waals surface area contributed by atoms with Gasteiger partial charge in [-0.1, -0.05) is 0 Å². The number of hydrogen-bond donors (Lipinski definition) is 1. The average Bonchev–Trinajstić information content (AvgIpc) is 2.50. The van der Waals surface area contributed by atoms with Crippen LogP contribution < -0.4 is 10.6 Å². The highest BCUT2D eigenvalue weighted by molar-refractivity contribution is 7.91. The molecule has 1 saturated heterocycles. The van der Waals surface area contributed by atoms with Crippen LogP contribution in [0.1, 0.15) is 12.1 Å². The largest absolute Gasteiger partial charge is 0.369 e. The Labute approximate surface area is 102 Å². The minimum absolute atomic E-state index is 0.228. The minimum atomic E-state index is -2.86. The van der Waals surface area contributed by atoms with E-state index in [9.17, 15) is 8.42 Å². The van der Waals surface area contributed by atoms with Crippen LogP contribution in [0.5, 0.6) is 0 Å². The van der Waals surface area contributed by atoms with Gasteiger partial charge >= 0.3 is 0 Å². The van der Waals surface area contributed by atoms with Crippen LogP contribution in [0.3, 0.4) is 0 Å². The number of sulfone groups is 1. The molecule has 0 radical (unpaired) electrons. The summed E-state index contributed by atoms with van der Waals surface area (Å²) in [6.45, 7) is 1.74. The lowest BCUT2D eigenvalue weighted by Gasteiger charge is -2.21. The van der Waals surface area contributed by atoms with Crippen LogP contribution in [0.4, 0.5) is 5.69 Å². The highest BCUT2D eigenvalue weighted by Gasteiger charge is 2.19. The first-order chi connectivity index (χ1) is 8.11. The van der Waals surface area contributed by atoms with Gasteiger partial charge in [0, 0.05) is 19.6 Å². The predicted octanol–water partition coefficient (Wildman–Crippen LogP) is 0.165. The van der Waals surface area contributed by atoms with Gasteiger partial charge in [0.1, 0.15) is 0 Å². The number of hydrogen-bond acceptors (Lipinski definition) is 5. The summed E-state index contributed by atoms with van der Waals surface area (Å²) < 4.78 is 23.0. The molecule has 6 heteroatoms. The van der Waals surface area contributed by atoms with Crippen molar-refractivity contribution in [3.8, 4) is 0 Å². The highest BCUT2D eigenvalue weighted by atomic mass is 32.2. The fraction of sp³-hybridized carbons (Fsp3) is 0.545. The number of aromatic nitrogens is 1. The number of nitrogens with two attached hydrogens (primary N) is 1. The van der Waals surface area contributed by atoms with Crippen LogP contribution in [-0.4, -0.2) is 38.0 Å². The van der Waals surface area contributed by atoms with Crippen LogP contribution >= 0.6 is 0 Å². The van der Waals surface area contributed by atoms with Crippen molar-refractivity contribution in [2.24, 2.45) is 5.73 Å². The lowest BCUT2D eigenvalue weighted by atomic mass is 10.3. The molecule has 0 amide bonds. The van der Waals surface area contributed by atoms with Crippen molar-refractivity contribution in [1.82, 2.24) is 4.98 Å². The van der Waals surface area contributed by atoms with Crippen molar-refractivity contribution in [3.63, 3.8) is 0 Å². The number of nitrogens with zero attached hydrogens (tertiary/aromatic N) is 2. The molecule has 2 heterocycles. The van der Waals surface area contributed by atoms with E-state index in [0.717, 1.165) is 17.9 Å². The van der Waals surface area contributed by atoms with E-state index in [1.54, 1.807) is 6.20 Å². The maximum atomic E-state index is 11.5. The Morgan fingerprint density at radius 3 is 2.76 bits per heavy atom. The molecule has 0 atom stereocenters. The molecule has 0 aromatic carbocycles. The summed E-state index contributed by atoms with van der Waals surface area (Å²) in [5.41, 5.74) is 7.30. The first-order valence-corrected chi connectivity index (χ1v) is 7.53. The molecule has 0 bridgehead atoms. The summed E-state index contributed by atoms with van der Waals surface area (Å²) in [6, 6.07) is 3.84. The summed E-state index contributed by atoms with van der Waals surface area (Å²) in [5.74, 6) is 0.517. The van der Waals surface area contributed by atoms with Gasteiger partial charge in [0.2, 0.25) is 0 Å². The second kappa shape index (κ2) is 5.01. The van der Waals surface area contributed by atoms with Gasteiger partial charge in [0.05, 0.1) is 29.1 Å². The zero-order valence-electron chi connectivity index (χ0n) is 9.67. The van der Waals surface area contributed by atoms with Gasteiger partial charge in [-0.2, -0.15) is 0 Å². The fourth-order valence-electron chi connectivity index (χ4n) is 1.92. The van der Waals surface area contributed by atoms with E-state index >= 15 is 0 Å². The molecule has 5 nitrogen and oxygen atoms in total. The summed E-state index contributed by atoms with van der Waals surface area (Å²) in [6.07, 6.45) is 2.45. The molecule has 0 spiro atoms. The van der Waals surface area contributed by atoms with E-state index in [1.165, 1.54) is 0 Å². The first-order valence-electron chi connectivity index (χ1n) is 5.71. The van der Waals surface area contributed by atoms with E-state index < -0.39 is 9.84 Å². The Bertz CT molecular complexity index is 470. The van der Waals surface area contributed by atoms with E-state index in [-0.39, 0.29) is 11.5 Å². The van der Waals surface area contributed by atoms with Crippen LogP contribution in [0.2, 0.25) is 0 Å². The zero-order chi connectivity index (χ0) is 12.3. The van der Waals surface area contributed by atoms with Crippen molar-refractivity contribution in [2.45, 2.75) is 13.0 Å². The molecule has 1 fully saturated rings. The van der Waals surface area contributed by atoms with E-state index in [1.807, 2.05) is 12.1 Å². The van der Waals surface area contributed by atoms with Gasteiger partial charge in [-0.25, -0.2) is 8.42 Å². The molecule has 2 N–H and O–H groups in total. The maximum Gasteiger partial charge on any atom is 0.152 e. The third kappa shape index (κ3) is 3.17. The zero-order valence-corrected chi connectivity index (χ0v) is 10.5. The Morgan fingerprint density at radius 2 is 2.12 bits per heavy atom. The van der Waals surface area contributed by atoms with Crippen molar-refractivity contribution in [2.75, 3.05) is 29.5 Å². The van der Waals surface area contributed by atoms with Gasteiger partial charge in [-0.05, 0) is 18.6 Å². The van der Waals surface area contributed by atoms with Crippen molar-refractivity contribution in [1.29, 1.82) is 0 Å². The lowest BCUT2D eigenvalue weighted by molar-refractivity contribution is 0.597. The van der Waals surface area contributed by atoms with Crippen LogP contribution in [0.25, 0.3) is 0 Å². The Balaban J connectivity index is 2.11. The van der Waals surface area contributed by atoms with Crippen LogP contribution in [0.15, 0.2) is 18.3 Å². The Morgan fingerprint density at radius 1 is 1.29 bits per heavy atom. The number of rotatable bonds is 2. The van der Waals surface area contributed by atoms with E-state index in [0.29, 0.717) is 19.5 Å². The molecule has 2 rings (SSSR count). The highest BCUT2D eigenvalue weighted by Crippen LogP contribution is 2.16. The normalized spacial score (nSPS) is 19.9. The minimum Gasteiger partial charge on any atom is -0.369 e. The Hall–Kier alpha value is -1.14. The Kier molecular flexibility index (Phi) is 3.63. The molecule has 94 valence electrons. The summed E-state index contributed by atoms with van der Waals surface area (Å²) in [5, 5.41) is 0. The predicted molar refractivity (Wildman–Crippen MR) is 67.6 cm³/mol. The van der Waals surface area contributed by atoms with E-state index in [2.05, 4.69) is 9.88 Å². The standard InChI is InChI=1S/C11H17N3O2S/c12-8-10-2-3-11(9-13-10)14-4-1-6-17(15,16)7-5-14/h2-3,9H,1,4-8,12H2. The third-order valence-electron chi connectivity index (χ3n) is 2.94. The monoisotopic (exact) mass is 255 g/mol. The summed E-state index contributed by atoms with van der Waals surface area (Å²) in [7, 11) is -2.86. The molecule has 1 aromatic heterocycles. The quantitative estimate of drug-likeness (QED) is 0.815. The lowest BCUT2D eigenvalue weighted by Crippen LogP contribution is -2.26. The van der Waals surface area contributed by atoms with E-state index in [4.69, 9.17) is 5.73 Å². The van der Waals surface area contributed by atoms with Gasteiger partial charge in [0.25, 0.3) is 0 Å². The van der Waals surface area contributed by atoms with Crippen molar-refractivity contribution >= 4 is 15.5 Å². The summed E-state index contributed by atoms with van der Waals surface area (Å²) in [4.78, 5) is 6.29. The van der Waals surface area contributed by atoms with Crippen molar-refractivity contribution < 1.29 is 8.42 Å². The fourth-order valence-corrected chi connectivity index (χ4v) is 3.19. The molecule has 0 saturated carbocycles. The number of anilines is 1. The molecule has 1 aliphatic heterocycles. The van der Waals surface area contributed by atoms with Gasteiger partial charge in [0.15, 0.2) is 9.84 Å². The molecule has 1 aromatic rings. The topological polar surface area (TPSA) is 76.3 Å². The average molecular weight is 255 g/mol. The molecule has 1 aliphatic rings. The second-order valence-corrected chi connectivity index (χ2v) is 6.51. The molecule has 0 unspecified atom stereocenters. The SMILES string of the molecule is NCc1ccc(N2CCCS(=O)(=O)CC2)cn1. The maximum absolute atomic E-state index is 11.5. The molecule has 17 heavy (non-hydrogen) atoms. The smallest absolute Gasteiger partial charge is 0.152 e. The molecular formula is C11H17N3O2S. The van der Waals surface area contributed by atoms with Crippen molar-refractivity contribution in [3.05, 3.63) is 24.0 Å². The molecule has 0 aliphatic carbocycles. The third-order valence-corrected chi connectivity index (χ3v) is 4.65. The second-order valence-electron chi connectivity index (χ2n) is 4.20. The molecular weight excluding hydrogens is 238 g/mol. The number of pyridine rings is 1. The van der Waals surface area contributed by atoms with Gasteiger partial charge in [-0.15, -0.1) is 0 Å².